The molecule has 0 aliphatic carbocycles. The summed E-state index contributed by atoms with van der Waals surface area (Å²) in [7, 11) is 1.76. The summed E-state index contributed by atoms with van der Waals surface area (Å²) >= 11 is 0. The lowest BCUT2D eigenvalue weighted by Crippen LogP contribution is -2.46. The first-order valence-electron chi connectivity index (χ1n) is 8.26. The number of anilines is 1. The van der Waals surface area contributed by atoms with Crippen molar-refractivity contribution in [3.63, 3.8) is 0 Å². The quantitative estimate of drug-likeness (QED) is 0.868. The van der Waals surface area contributed by atoms with Crippen LogP contribution in [0.5, 0.6) is 0 Å². The standard InChI is InChI=1S/C19H23N3O3/c1-19(2,3)25-18(24)21-13-7-5-12(6-8-13)15-11-22(4)17(23)16-14(15)9-10-20-16/h5-11,14,16,20H,1-4H3,(H,21,24). The van der Waals surface area contributed by atoms with Gasteiger partial charge in [-0.3, -0.25) is 10.1 Å². The fourth-order valence-electron chi connectivity index (χ4n) is 3.00. The van der Waals surface area contributed by atoms with Gasteiger partial charge in [0.1, 0.15) is 11.6 Å². The van der Waals surface area contributed by atoms with Gasteiger partial charge in [-0.2, -0.15) is 0 Å². The van der Waals surface area contributed by atoms with Crippen LogP contribution in [-0.4, -0.2) is 35.6 Å². The Kier molecular flexibility index (Phi) is 4.29. The topological polar surface area (TPSA) is 70.7 Å². The smallest absolute Gasteiger partial charge is 0.412 e. The first-order valence-corrected chi connectivity index (χ1v) is 8.26. The highest BCUT2D eigenvalue weighted by atomic mass is 16.6. The molecule has 0 saturated heterocycles. The molecular weight excluding hydrogens is 318 g/mol. The molecule has 2 unspecified atom stereocenters. The zero-order valence-corrected chi connectivity index (χ0v) is 14.9. The summed E-state index contributed by atoms with van der Waals surface area (Å²) in [4.78, 5) is 25.6. The molecule has 2 aliphatic heterocycles. The van der Waals surface area contributed by atoms with Crippen LogP contribution in [0.4, 0.5) is 10.5 Å². The van der Waals surface area contributed by atoms with Crippen LogP contribution in [0.3, 0.4) is 0 Å². The van der Waals surface area contributed by atoms with Gasteiger partial charge in [-0.25, -0.2) is 4.79 Å². The van der Waals surface area contributed by atoms with Gasteiger partial charge in [-0.15, -0.1) is 0 Å². The van der Waals surface area contributed by atoms with Gasteiger partial charge >= 0.3 is 6.09 Å². The number of carbonyl (C=O) groups excluding carboxylic acids is 2. The van der Waals surface area contributed by atoms with E-state index in [1.165, 1.54) is 0 Å². The SMILES string of the molecule is CN1C=C(c2ccc(NC(=O)OC(C)(C)C)cc2)C2C=CNC2C1=O. The van der Waals surface area contributed by atoms with E-state index in [9.17, 15) is 9.59 Å². The van der Waals surface area contributed by atoms with Gasteiger partial charge in [-0.05, 0) is 50.2 Å². The Morgan fingerprint density at radius 2 is 1.92 bits per heavy atom. The largest absolute Gasteiger partial charge is 0.444 e. The number of carbonyl (C=O) groups is 2. The van der Waals surface area contributed by atoms with E-state index in [0.717, 1.165) is 11.1 Å². The Morgan fingerprint density at radius 3 is 2.56 bits per heavy atom. The number of rotatable bonds is 2. The highest BCUT2D eigenvalue weighted by Gasteiger charge is 2.37. The van der Waals surface area contributed by atoms with E-state index >= 15 is 0 Å². The summed E-state index contributed by atoms with van der Waals surface area (Å²) in [6.45, 7) is 5.47. The third-order valence-electron chi connectivity index (χ3n) is 4.11. The predicted molar refractivity (Wildman–Crippen MR) is 96.6 cm³/mol. The summed E-state index contributed by atoms with van der Waals surface area (Å²) in [5, 5.41) is 5.83. The molecule has 2 aliphatic rings. The molecule has 0 aromatic heterocycles. The van der Waals surface area contributed by atoms with Crippen molar-refractivity contribution in [2.24, 2.45) is 5.92 Å². The van der Waals surface area contributed by atoms with E-state index in [1.807, 2.05) is 63.5 Å². The van der Waals surface area contributed by atoms with Crippen molar-refractivity contribution in [2.45, 2.75) is 32.4 Å². The van der Waals surface area contributed by atoms with Crippen LogP contribution < -0.4 is 10.6 Å². The molecule has 6 heteroatoms. The Balaban J connectivity index is 1.76. The fourth-order valence-corrected chi connectivity index (χ4v) is 3.00. The molecule has 0 spiro atoms. The van der Waals surface area contributed by atoms with Crippen LogP contribution >= 0.6 is 0 Å². The minimum absolute atomic E-state index is 0.0216. The van der Waals surface area contributed by atoms with Gasteiger partial charge in [0.05, 0.1) is 0 Å². The van der Waals surface area contributed by atoms with Crippen molar-refractivity contribution >= 4 is 23.3 Å². The van der Waals surface area contributed by atoms with Crippen LogP contribution in [-0.2, 0) is 9.53 Å². The van der Waals surface area contributed by atoms with E-state index in [2.05, 4.69) is 10.6 Å². The maximum absolute atomic E-state index is 12.2. The van der Waals surface area contributed by atoms with E-state index in [4.69, 9.17) is 4.74 Å². The Labute approximate surface area is 147 Å². The number of nitrogens with zero attached hydrogens (tertiary/aromatic N) is 1. The van der Waals surface area contributed by atoms with Crippen molar-refractivity contribution in [3.8, 4) is 0 Å². The lowest BCUT2D eigenvalue weighted by molar-refractivity contribution is -0.130. The molecule has 0 saturated carbocycles. The van der Waals surface area contributed by atoms with Crippen molar-refractivity contribution in [2.75, 3.05) is 12.4 Å². The molecule has 1 aromatic rings. The highest BCUT2D eigenvalue weighted by Crippen LogP contribution is 2.34. The van der Waals surface area contributed by atoms with Gasteiger partial charge < -0.3 is 15.0 Å². The van der Waals surface area contributed by atoms with Crippen molar-refractivity contribution < 1.29 is 14.3 Å². The van der Waals surface area contributed by atoms with Crippen LogP contribution in [0.1, 0.15) is 26.3 Å². The number of benzene rings is 1. The van der Waals surface area contributed by atoms with E-state index in [1.54, 1.807) is 11.9 Å². The molecule has 2 N–H and O–H groups in total. The zero-order valence-electron chi connectivity index (χ0n) is 14.9. The summed E-state index contributed by atoms with van der Waals surface area (Å²) in [5.41, 5.74) is 2.20. The lowest BCUT2D eigenvalue weighted by Gasteiger charge is -2.31. The third kappa shape index (κ3) is 3.68. The third-order valence-corrected chi connectivity index (χ3v) is 4.11. The number of amides is 2. The molecule has 1 aromatic carbocycles. The molecule has 0 radical (unpaired) electrons. The highest BCUT2D eigenvalue weighted by molar-refractivity contribution is 5.92. The van der Waals surface area contributed by atoms with Crippen molar-refractivity contribution in [1.29, 1.82) is 0 Å². The first-order chi connectivity index (χ1) is 11.7. The first kappa shape index (κ1) is 17.1. The molecule has 0 fully saturated rings. The number of likely N-dealkylation sites (N-methyl/N-ethyl adjacent to an activating group) is 1. The van der Waals surface area contributed by atoms with Crippen molar-refractivity contribution in [3.05, 3.63) is 48.3 Å². The van der Waals surface area contributed by atoms with Gasteiger partial charge in [0.15, 0.2) is 0 Å². The molecule has 132 valence electrons. The molecular formula is C19H23N3O3. The van der Waals surface area contributed by atoms with Gasteiger partial charge in [-0.1, -0.05) is 18.2 Å². The molecule has 3 rings (SSSR count). The minimum atomic E-state index is -0.537. The van der Waals surface area contributed by atoms with Crippen LogP contribution in [0.15, 0.2) is 42.7 Å². The monoisotopic (exact) mass is 341 g/mol. The maximum Gasteiger partial charge on any atom is 0.412 e. The molecule has 25 heavy (non-hydrogen) atoms. The number of hydrogen-bond acceptors (Lipinski definition) is 4. The average molecular weight is 341 g/mol. The Bertz CT molecular complexity index is 744. The second-order valence-electron chi connectivity index (χ2n) is 7.27. The van der Waals surface area contributed by atoms with E-state index < -0.39 is 11.7 Å². The summed E-state index contributed by atoms with van der Waals surface area (Å²) in [6.07, 6.45) is 5.23. The van der Waals surface area contributed by atoms with Gasteiger partial charge in [0.2, 0.25) is 5.91 Å². The van der Waals surface area contributed by atoms with Crippen molar-refractivity contribution in [1.82, 2.24) is 10.2 Å². The number of ether oxygens (including phenoxy) is 1. The predicted octanol–water partition coefficient (Wildman–Crippen LogP) is 2.95. The lowest BCUT2D eigenvalue weighted by atomic mass is 9.86. The maximum atomic E-state index is 12.2. The summed E-state index contributed by atoms with van der Waals surface area (Å²) in [6, 6.07) is 7.29. The second-order valence-corrected chi connectivity index (χ2v) is 7.27. The number of hydrogen-bond donors (Lipinski definition) is 2. The molecule has 2 amide bonds. The van der Waals surface area contributed by atoms with E-state index in [-0.39, 0.29) is 17.9 Å². The van der Waals surface area contributed by atoms with Gasteiger partial charge in [0, 0.05) is 24.9 Å². The van der Waals surface area contributed by atoms with Gasteiger partial charge in [0.25, 0.3) is 0 Å². The zero-order chi connectivity index (χ0) is 18.2. The minimum Gasteiger partial charge on any atom is -0.444 e. The van der Waals surface area contributed by atoms with Crippen LogP contribution in [0.25, 0.3) is 5.57 Å². The number of nitrogens with one attached hydrogen (secondary N) is 2. The molecule has 2 heterocycles. The Hall–Kier alpha value is -2.76. The Morgan fingerprint density at radius 1 is 1.24 bits per heavy atom. The van der Waals surface area contributed by atoms with Crippen LogP contribution in [0, 0.1) is 5.92 Å². The average Bonchev–Trinajstić information content (AvgIpc) is 3.00. The number of fused-ring (bicyclic) bond motifs is 1. The fraction of sp³-hybridized carbons (Fsp3) is 0.368. The molecule has 2 atom stereocenters. The summed E-state index contributed by atoms with van der Waals surface area (Å²) in [5.74, 6) is 0.0790. The second kappa shape index (κ2) is 6.27. The van der Waals surface area contributed by atoms with E-state index in [0.29, 0.717) is 5.69 Å². The molecule has 0 bridgehead atoms. The normalized spacial score (nSPS) is 22.2. The molecule has 6 nitrogen and oxygen atoms in total. The summed E-state index contributed by atoms with van der Waals surface area (Å²) < 4.78 is 5.25. The van der Waals surface area contributed by atoms with Crippen LogP contribution in [0.2, 0.25) is 0 Å².